The maximum absolute atomic E-state index is 12.5. The Balaban J connectivity index is 2.93. The predicted molar refractivity (Wildman–Crippen MR) is 79.4 cm³/mol. The van der Waals surface area contributed by atoms with Gasteiger partial charge in [-0.3, -0.25) is 4.57 Å². The molecule has 0 radical (unpaired) electrons. The third-order valence-electron chi connectivity index (χ3n) is 2.62. The SMILES string of the molecule is CCOP(=O)(CC(C)(O)c1ccc(Br)cc1)OCC. The lowest BCUT2D eigenvalue weighted by atomic mass is 9.99. The molecule has 1 aromatic carbocycles. The fourth-order valence-electron chi connectivity index (χ4n) is 1.80. The van der Waals surface area contributed by atoms with Crippen LogP contribution in [0, 0.1) is 0 Å². The first-order chi connectivity index (χ1) is 8.83. The molecule has 1 aromatic rings. The summed E-state index contributed by atoms with van der Waals surface area (Å²) in [6.45, 7) is 5.68. The van der Waals surface area contributed by atoms with E-state index in [0.717, 1.165) is 4.47 Å². The molecule has 0 heterocycles. The molecule has 0 aromatic heterocycles. The van der Waals surface area contributed by atoms with Crippen molar-refractivity contribution in [3.63, 3.8) is 0 Å². The lowest BCUT2D eigenvalue weighted by Crippen LogP contribution is -2.27. The van der Waals surface area contributed by atoms with Crippen molar-refractivity contribution in [3.8, 4) is 0 Å². The van der Waals surface area contributed by atoms with Crippen LogP contribution in [0.4, 0.5) is 0 Å². The van der Waals surface area contributed by atoms with Crippen molar-refractivity contribution in [1.82, 2.24) is 0 Å². The average Bonchev–Trinajstić information content (AvgIpc) is 2.28. The first kappa shape index (κ1) is 16.9. The van der Waals surface area contributed by atoms with Crippen molar-refractivity contribution in [2.75, 3.05) is 19.4 Å². The second kappa shape index (κ2) is 7.00. The Morgan fingerprint density at radius 3 is 2.11 bits per heavy atom. The summed E-state index contributed by atoms with van der Waals surface area (Å²) in [5, 5.41) is 10.5. The fraction of sp³-hybridized carbons (Fsp3) is 0.538. The van der Waals surface area contributed by atoms with Crippen LogP contribution in [0.2, 0.25) is 0 Å². The van der Waals surface area contributed by atoms with E-state index in [0.29, 0.717) is 5.56 Å². The minimum absolute atomic E-state index is 0.0662. The monoisotopic (exact) mass is 350 g/mol. The van der Waals surface area contributed by atoms with Crippen LogP contribution in [0.3, 0.4) is 0 Å². The van der Waals surface area contributed by atoms with Crippen LogP contribution >= 0.6 is 23.5 Å². The van der Waals surface area contributed by atoms with Gasteiger partial charge in [0.05, 0.1) is 25.0 Å². The van der Waals surface area contributed by atoms with E-state index in [1.807, 2.05) is 12.1 Å². The minimum atomic E-state index is -3.28. The zero-order valence-electron chi connectivity index (χ0n) is 11.4. The van der Waals surface area contributed by atoms with Crippen LogP contribution in [-0.4, -0.2) is 24.5 Å². The summed E-state index contributed by atoms with van der Waals surface area (Å²) in [6.07, 6.45) is -0.0662. The van der Waals surface area contributed by atoms with E-state index in [2.05, 4.69) is 15.9 Å². The zero-order chi connectivity index (χ0) is 14.5. The first-order valence-electron chi connectivity index (χ1n) is 6.19. The van der Waals surface area contributed by atoms with Crippen LogP contribution in [0.1, 0.15) is 26.3 Å². The number of rotatable bonds is 7. The summed E-state index contributed by atoms with van der Waals surface area (Å²) in [4.78, 5) is 0. The number of hydrogen-bond donors (Lipinski definition) is 1. The Bertz CT molecular complexity index is 434. The van der Waals surface area contributed by atoms with Crippen molar-refractivity contribution in [2.45, 2.75) is 26.4 Å². The van der Waals surface area contributed by atoms with Gasteiger partial charge in [-0.15, -0.1) is 0 Å². The lowest BCUT2D eigenvalue weighted by Gasteiger charge is -2.28. The quantitative estimate of drug-likeness (QED) is 0.757. The molecule has 0 saturated carbocycles. The van der Waals surface area contributed by atoms with Crippen LogP contribution in [0.25, 0.3) is 0 Å². The van der Waals surface area contributed by atoms with Gasteiger partial charge in [0.15, 0.2) is 0 Å². The molecule has 0 saturated heterocycles. The van der Waals surface area contributed by atoms with Gasteiger partial charge >= 0.3 is 7.60 Å². The van der Waals surface area contributed by atoms with E-state index in [4.69, 9.17) is 9.05 Å². The van der Waals surface area contributed by atoms with Crippen molar-refractivity contribution in [1.29, 1.82) is 0 Å². The second-order valence-electron chi connectivity index (χ2n) is 4.39. The zero-order valence-corrected chi connectivity index (χ0v) is 13.9. The number of halogens is 1. The summed E-state index contributed by atoms with van der Waals surface area (Å²) in [7, 11) is -3.28. The van der Waals surface area contributed by atoms with Crippen LogP contribution in [0.5, 0.6) is 0 Å². The highest BCUT2D eigenvalue weighted by atomic mass is 79.9. The van der Waals surface area contributed by atoms with Crippen molar-refractivity contribution in [3.05, 3.63) is 34.3 Å². The molecule has 0 aliphatic rings. The Morgan fingerprint density at radius 1 is 1.21 bits per heavy atom. The van der Waals surface area contributed by atoms with E-state index in [-0.39, 0.29) is 19.4 Å². The molecular weight excluding hydrogens is 331 g/mol. The molecule has 0 fully saturated rings. The molecule has 0 aliphatic heterocycles. The maximum Gasteiger partial charge on any atom is 0.333 e. The Morgan fingerprint density at radius 2 is 1.68 bits per heavy atom. The van der Waals surface area contributed by atoms with Crippen LogP contribution in [-0.2, 0) is 19.2 Å². The van der Waals surface area contributed by atoms with Crippen LogP contribution in [0.15, 0.2) is 28.7 Å². The molecule has 0 aliphatic carbocycles. The number of benzene rings is 1. The van der Waals surface area contributed by atoms with E-state index in [1.165, 1.54) is 0 Å². The molecule has 4 nitrogen and oxygen atoms in total. The van der Waals surface area contributed by atoms with E-state index < -0.39 is 13.2 Å². The number of hydrogen-bond acceptors (Lipinski definition) is 4. The summed E-state index contributed by atoms with van der Waals surface area (Å²) >= 11 is 3.34. The smallest absolute Gasteiger partial charge is 0.333 e. The molecule has 1 atom stereocenters. The van der Waals surface area contributed by atoms with Gasteiger partial charge in [0.1, 0.15) is 0 Å². The van der Waals surface area contributed by atoms with E-state index >= 15 is 0 Å². The molecule has 1 N–H and O–H groups in total. The molecule has 19 heavy (non-hydrogen) atoms. The molecule has 108 valence electrons. The van der Waals surface area contributed by atoms with Crippen molar-refractivity contribution in [2.24, 2.45) is 0 Å². The van der Waals surface area contributed by atoms with Gasteiger partial charge in [0, 0.05) is 4.47 Å². The molecule has 1 rings (SSSR count). The van der Waals surface area contributed by atoms with Gasteiger partial charge in [0.2, 0.25) is 0 Å². The first-order valence-corrected chi connectivity index (χ1v) is 8.71. The molecule has 0 spiro atoms. The third kappa shape index (κ3) is 5.01. The van der Waals surface area contributed by atoms with Crippen LogP contribution < -0.4 is 0 Å². The summed E-state index contributed by atoms with van der Waals surface area (Å²) in [5.41, 5.74) is -0.587. The third-order valence-corrected chi connectivity index (χ3v) is 5.45. The minimum Gasteiger partial charge on any atom is -0.385 e. The standard InChI is InChI=1S/C13H20BrO4P/c1-4-17-19(16,18-5-2)10-13(3,15)11-6-8-12(14)9-7-11/h6-9,15H,4-5,10H2,1-3H3. The van der Waals surface area contributed by atoms with Gasteiger partial charge in [-0.1, -0.05) is 28.1 Å². The summed E-state index contributed by atoms with van der Waals surface area (Å²) in [6, 6.07) is 7.23. The van der Waals surface area contributed by atoms with Gasteiger partial charge < -0.3 is 14.2 Å². The fourth-order valence-corrected chi connectivity index (χ4v) is 4.04. The largest absolute Gasteiger partial charge is 0.385 e. The average molecular weight is 351 g/mol. The van der Waals surface area contributed by atoms with Gasteiger partial charge in [-0.05, 0) is 38.5 Å². The Kier molecular flexibility index (Phi) is 6.21. The summed E-state index contributed by atoms with van der Waals surface area (Å²) < 4.78 is 23.8. The molecule has 0 bridgehead atoms. The topological polar surface area (TPSA) is 55.8 Å². The van der Waals surface area contributed by atoms with Crippen molar-refractivity contribution >= 4 is 23.5 Å². The number of aliphatic hydroxyl groups is 1. The van der Waals surface area contributed by atoms with E-state index in [1.54, 1.807) is 32.9 Å². The summed E-state index contributed by atoms with van der Waals surface area (Å²) in [5.74, 6) is 0. The predicted octanol–water partition coefficient (Wildman–Crippen LogP) is 3.92. The molecular formula is C13H20BrO4P. The second-order valence-corrected chi connectivity index (χ2v) is 7.36. The van der Waals surface area contributed by atoms with Crippen molar-refractivity contribution < 1.29 is 18.7 Å². The Labute approximate surface area is 122 Å². The van der Waals surface area contributed by atoms with E-state index in [9.17, 15) is 9.67 Å². The van der Waals surface area contributed by atoms with Gasteiger partial charge in [-0.2, -0.15) is 0 Å². The normalized spacial score (nSPS) is 15.2. The van der Waals surface area contributed by atoms with Gasteiger partial charge in [-0.25, -0.2) is 0 Å². The Hall–Kier alpha value is -0.190. The highest BCUT2D eigenvalue weighted by molar-refractivity contribution is 9.10. The lowest BCUT2D eigenvalue weighted by molar-refractivity contribution is 0.0713. The molecule has 6 heteroatoms. The highest BCUT2D eigenvalue weighted by Crippen LogP contribution is 2.52. The highest BCUT2D eigenvalue weighted by Gasteiger charge is 2.36. The molecule has 0 amide bonds. The van der Waals surface area contributed by atoms with Gasteiger partial charge in [0.25, 0.3) is 0 Å². The maximum atomic E-state index is 12.5. The molecule has 1 unspecified atom stereocenters.